The molecule has 6 heterocycles. The van der Waals surface area contributed by atoms with Gasteiger partial charge >= 0.3 is 33.8 Å². The van der Waals surface area contributed by atoms with Crippen LogP contribution in [0.3, 0.4) is 0 Å². The number of sulfone groups is 6. The zero-order valence-corrected chi connectivity index (χ0v) is 78.7. The largest absolute Gasteiger partial charge is 0.497 e. The van der Waals surface area contributed by atoms with Gasteiger partial charge in [-0.3, -0.25) is 0 Å². The lowest BCUT2D eigenvalue weighted by atomic mass is 10.2. The van der Waals surface area contributed by atoms with Crippen LogP contribution < -0.4 is 38.5 Å². The van der Waals surface area contributed by atoms with Crippen molar-refractivity contribution in [1.29, 1.82) is 0 Å². The van der Waals surface area contributed by atoms with Gasteiger partial charge in [0.2, 0.25) is 59.0 Å². The van der Waals surface area contributed by atoms with E-state index in [0.29, 0.717) is 52.2 Å². The second kappa shape index (κ2) is 40.2. The molecule has 6 aromatic heterocycles. The van der Waals surface area contributed by atoms with E-state index in [2.05, 4.69) is 31.9 Å². The maximum Gasteiger partial charge on any atom is 0.355 e. The minimum Gasteiger partial charge on any atom is -0.497 e. The lowest BCUT2D eigenvalue weighted by Gasteiger charge is -2.06. The Morgan fingerprint density at radius 1 is 0.252 bits per heavy atom. The van der Waals surface area contributed by atoms with E-state index in [-0.39, 0.29) is 64.7 Å². The van der Waals surface area contributed by atoms with Crippen LogP contribution >= 0.6 is 66.7 Å². The molecule has 25 nitrogen and oxygen atoms in total. The third kappa shape index (κ3) is 21.8. The summed E-state index contributed by atoms with van der Waals surface area (Å²) in [6.45, 7) is 2.89. The Kier molecular flexibility index (Phi) is 29.5. The standard InChI is InChI=1S/C16H10BrFO4S.C16H10ClFO4S.C16H11FO5S.C15H8BrFO4S.2C15H8ClFO4S/c2*1-9-6-12(3-4-13(9)18)23(20,21)15-8-10-7-11(17)2-5-14(10)22-16(15)19;1-21-11-6-7-13-10(8-11)9-15(16(18)22-13)23(19,20)14-5-3-2-4-12(14)17;16-10-5-6-12-9(7-10)8-14(15(18)21-12)22(19,20)13-4-2-1-3-11(13)17;16-10-1-4-12(5-2-10)22(19,20)14-8-9-7-11(17)3-6-13(9)21-15(14)18;16-10-5-6-12-9(7-10)8-14(15(18)21-12)22(19,20)13-4-2-1-3-11(13)17/h2*2-8H,1H3;2-9H,1H3;3*1-8H. The van der Waals surface area contributed by atoms with Gasteiger partial charge in [0.15, 0.2) is 29.4 Å². The molecule has 0 saturated carbocycles. The van der Waals surface area contributed by atoms with Gasteiger partial charge in [-0.15, -0.1) is 0 Å². The Bertz CT molecular complexity index is 8680. The number of rotatable bonds is 13. The topological polar surface area (TPSA) is 395 Å². The van der Waals surface area contributed by atoms with Crippen molar-refractivity contribution in [2.24, 2.45) is 0 Å². The molecule has 0 aliphatic heterocycles. The van der Waals surface area contributed by atoms with E-state index in [1.165, 1.54) is 167 Å². The van der Waals surface area contributed by atoms with Crippen LogP contribution in [0, 0.1) is 48.8 Å². The van der Waals surface area contributed by atoms with Crippen LogP contribution in [0.2, 0.25) is 15.1 Å². The summed E-state index contributed by atoms with van der Waals surface area (Å²) in [6.07, 6.45) is 0. The van der Waals surface area contributed by atoms with Crippen LogP contribution in [0.1, 0.15) is 11.1 Å². The van der Waals surface area contributed by atoms with Gasteiger partial charge in [0.25, 0.3) is 0 Å². The first-order valence-electron chi connectivity index (χ1n) is 38.0. The molecule has 0 spiro atoms. The highest BCUT2D eigenvalue weighted by Gasteiger charge is 2.32. The first-order valence-corrected chi connectivity index (χ1v) is 49.6. The van der Waals surface area contributed by atoms with Crippen molar-refractivity contribution in [2.45, 2.75) is 72.6 Å². The summed E-state index contributed by atoms with van der Waals surface area (Å²) in [5.41, 5.74) is -4.45. The fourth-order valence-corrected chi connectivity index (χ4v) is 22.0. The van der Waals surface area contributed by atoms with Gasteiger partial charge < -0.3 is 31.2 Å². The maximum atomic E-state index is 13.8. The molecule has 0 unspecified atom stereocenters. The van der Waals surface area contributed by atoms with E-state index in [9.17, 15) is 106 Å². The van der Waals surface area contributed by atoms with Crippen LogP contribution in [-0.2, 0) is 59.0 Å². The number of ether oxygens (including phenoxy) is 1. The van der Waals surface area contributed by atoms with Crippen LogP contribution in [-0.4, -0.2) is 57.6 Å². The molecule has 0 N–H and O–H groups in total. The van der Waals surface area contributed by atoms with E-state index < -0.39 is 172 Å². The van der Waals surface area contributed by atoms with Crippen molar-refractivity contribution in [3.63, 3.8) is 0 Å². The second-order valence-electron chi connectivity index (χ2n) is 28.3. The molecule has 18 aromatic rings. The first kappa shape index (κ1) is 99.3. The lowest BCUT2D eigenvalue weighted by molar-refractivity contribution is 0.415. The van der Waals surface area contributed by atoms with Crippen molar-refractivity contribution in [2.75, 3.05) is 7.11 Å². The number of aryl methyl sites for hydroxylation is 2. The van der Waals surface area contributed by atoms with Crippen LogP contribution in [0.15, 0.2) is 402 Å². The van der Waals surface area contributed by atoms with E-state index in [1.54, 1.807) is 42.5 Å². The Labute approximate surface area is 790 Å². The Hall–Kier alpha value is -13.2. The monoisotopic (exact) mass is 2140 g/mol. The molecule has 0 radical (unpaired) electrons. The molecule has 0 saturated heterocycles. The average Bonchev–Trinajstić information content (AvgIpc) is 0.768. The normalized spacial score (nSPS) is 11.7. The minimum absolute atomic E-state index is 0.0973. The highest BCUT2D eigenvalue weighted by Crippen LogP contribution is 2.34. The van der Waals surface area contributed by atoms with Crippen molar-refractivity contribution >= 4 is 192 Å². The number of halogens is 11. The molecule has 0 atom stereocenters. The molecule has 0 aliphatic carbocycles. The van der Waals surface area contributed by atoms with Gasteiger partial charge in [-0.05, 0) is 268 Å². The summed E-state index contributed by atoms with van der Waals surface area (Å²) in [5, 5.41) is 3.26. The Morgan fingerprint density at radius 2 is 0.511 bits per heavy atom. The van der Waals surface area contributed by atoms with Crippen molar-refractivity contribution in [3.05, 3.63) is 412 Å². The SMILES string of the molecule is COc1ccc2oc(=O)c(S(=O)(=O)c3ccccc3F)cc2c1.Cc1cc(S(=O)(=O)c2cc3cc(Br)ccc3oc2=O)ccc1F.Cc1cc(S(=O)(=O)c2cc3cc(Cl)ccc3oc2=O)ccc1F.O=c1oc2ccc(Br)cc2cc1S(=O)(=O)c1ccccc1F.O=c1oc2ccc(Cl)cc2cc1S(=O)(=O)c1ccccc1F.O=c1oc2ccc(F)cc2cc1S(=O)(=O)c1ccc(Cl)cc1. The summed E-state index contributed by atoms with van der Waals surface area (Å²) in [4.78, 5) is 66.4. The zero-order valence-electron chi connectivity index (χ0n) is 68.4. The second-order valence-corrected chi connectivity index (χ2v) is 42.8. The number of benzene rings is 12. The summed E-state index contributed by atoms with van der Waals surface area (Å²) in [5.74, 6) is -3.92. The molecule has 135 heavy (non-hydrogen) atoms. The predicted octanol–water partition coefficient (Wildman–Crippen LogP) is 20.7. The smallest absolute Gasteiger partial charge is 0.355 e. The van der Waals surface area contributed by atoms with Gasteiger partial charge in [-0.2, -0.15) is 0 Å². The number of hydrogen-bond donors (Lipinski definition) is 0. The molecule has 0 aliphatic rings. The summed E-state index contributed by atoms with van der Waals surface area (Å²) < 4.78 is 268. The van der Waals surface area contributed by atoms with Crippen LogP contribution in [0.25, 0.3) is 65.8 Å². The average molecular weight is 2140 g/mol. The van der Waals surface area contributed by atoms with E-state index >= 15 is 0 Å². The molecule has 690 valence electrons. The van der Waals surface area contributed by atoms with Gasteiger partial charge in [-0.1, -0.05) is 103 Å². The highest BCUT2D eigenvalue weighted by atomic mass is 79.9. The fraction of sp³-hybridized carbons (Fsp3) is 0.0323. The molecule has 12 aromatic carbocycles. The highest BCUT2D eigenvalue weighted by molar-refractivity contribution is 9.10. The lowest BCUT2D eigenvalue weighted by Crippen LogP contribution is -2.15. The Balaban J connectivity index is 0.000000137. The minimum atomic E-state index is -4.33. The predicted molar refractivity (Wildman–Crippen MR) is 492 cm³/mol. The Morgan fingerprint density at radius 3 is 0.830 bits per heavy atom. The van der Waals surface area contributed by atoms with Crippen LogP contribution in [0.4, 0.5) is 26.3 Å². The fourth-order valence-electron chi connectivity index (χ4n) is 12.6. The van der Waals surface area contributed by atoms with Gasteiger partial charge in [0, 0.05) is 56.3 Å². The quantitative estimate of drug-likeness (QED) is 0.0587. The van der Waals surface area contributed by atoms with E-state index in [1.807, 2.05) is 0 Å². The third-order valence-corrected chi connectivity index (χ3v) is 31.6. The van der Waals surface area contributed by atoms with Gasteiger partial charge in [0.1, 0.15) is 88.8 Å². The molecule has 0 bridgehead atoms. The summed E-state index contributed by atoms with van der Waals surface area (Å²) in [7, 11) is -23.8. The number of hydrogen-bond acceptors (Lipinski definition) is 25. The van der Waals surface area contributed by atoms with Crippen molar-refractivity contribution in [3.8, 4) is 5.75 Å². The summed E-state index contributed by atoms with van der Waals surface area (Å²) >= 11 is 24.0. The van der Waals surface area contributed by atoms with Gasteiger partial charge in [-0.25, -0.2) is 106 Å². The van der Waals surface area contributed by atoms with Crippen molar-refractivity contribution < 1.29 is 108 Å². The van der Waals surface area contributed by atoms with Crippen molar-refractivity contribution in [1.82, 2.24) is 0 Å². The van der Waals surface area contributed by atoms with Gasteiger partial charge in [0.05, 0.1) is 21.8 Å². The molecular formula is C93H55Br2Cl3F6O25S6. The first-order chi connectivity index (χ1) is 63.7. The van der Waals surface area contributed by atoms with E-state index in [0.717, 1.165) is 95.5 Å². The summed E-state index contributed by atoms with van der Waals surface area (Å²) in [6, 6.07) is 60.4. The number of methoxy groups -OCH3 is 1. The molecule has 0 fully saturated rings. The molecule has 42 heteroatoms. The zero-order chi connectivity index (χ0) is 97.9. The molecule has 18 rings (SSSR count). The van der Waals surface area contributed by atoms with Crippen LogP contribution in [0.5, 0.6) is 5.75 Å². The maximum absolute atomic E-state index is 13.8. The van der Waals surface area contributed by atoms with E-state index in [4.69, 9.17) is 66.0 Å². The molecular weight excluding hydrogens is 2090 g/mol. The molecule has 0 amide bonds. The third-order valence-electron chi connectivity index (χ3n) is 19.3. The number of fused-ring (bicyclic) bond motifs is 6.